The number of rotatable bonds is 2. The van der Waals surface area contributed by atoms with E-state index in [1.807, 2.05) is 25.1 Å². The van der Waals surface area contributed by atoms with E-state index in [-0.39, 0.29) is 0 Å². The van der Waals surface area contributed by atoms with E-state index in [0.29, 0.717) is 5.57 Å². The fraction of sp³-hybridized carbons (Fsp3) is 0.0833. The maximum atomic E-state index is 7.12. The zero-order chi connectivity index (χ0) is 10.8. The van der Waals surface area contributed by atoms with Gasteiger partial charge in [0.1, 0.15) is 0 Å². The third kappa shape index (κ3) is 1.76. The molecule has 3 nitrogen and oxygen atoms in total. The molecule has 2 aromatic rings. The fourth-order valence-electron chi connectivity index (χ4n) is 1.37. The van der Waals surface area contributed by atoms with Crippen LogP contribution in [0.1, 0.15) is 11.3 Å². The molecule has 74 valence electrons. The van der Waals surface area contributed by atoms with Crippen LogP contribution in [0.25, 0.3) is 16.6 Å². The van der Waals surface area contributed by atoms with Crippen LogP contribution in [-0.2, 0) is 0 Å². The number of pyridine rings is 2. The number of aromatic nitrogens is 2. The fourth-order valence-corrected chi connectivity index (χ4v) is 1.37. The lowest BCUT2D eigenvalue weighted by atomic mass is 10.1. The first kappa shape index (κ1) is 9.52. The highest BCUT2D eigenvalue weighted by atomic mass is 14.8. The molecule has 0 saturated heterocycles. The first-order chi connectivity index (χ1) is 7.20. The van der Waals surface area contributed by atoms with Crippen LogP contribution in [0, 0.1) is 12.3 Å². The van der Waals surface area contributed by atoms with Crippen molar-refractivity contribution in [3.8, 4) is 0 Å². The number of hydrogen-bond acceptors (Lipinski definition) is 3. The third-order valence-corrected chi connectivity index (χ3v) is 2.22. The van der Waals surface area contributed by atoms with E-state index >= 15 is 0 Å². The van der Waals surface area contributed by atoms with Gasteiger partial charge in [0.05, 0.1) is 11.0 Å². The lowest BCUT2D eigenvalue weighted by Gasteiger charge is -2.02. The molecule has 0 aliphatic carbocycles. The first-order valence-corrected chi connectivity index (χ1v) is 4.64. The average Bonchev–Trinajstić information content (AvgIpc) is 2.27. The highest BCUT2D eigenvalue weighted by molar-refractivity contribution is 6.07. The van der Waals surface area contributed by atoms with Gasteiger partial charge >= 0.3 is 0 Å². The van der Waals surface area contributed by atoms with Gasteiger partial charge in [-0.05, 0) is 30.7 Å². The van der Waals surface area contributed by atoms with Crippen molar-refractivity contribution in [2.24, 2.45) is 0 Å². The topological polar surface area (TPSA) is 49.6 Å². The van der Waals surface area contributed by atoms with Crippen molar-refractivity contribution in [3.05, 3.63) is 42.2 Å². The minimum absolute atomic E-state index is 0.646. The number of allylic oxidation sites excluding steroid dienone is 1. The van der Waals surface area contributed by atoms with Gasteiger partial charge in [-0.2, -0.15) is 0 Å². The van der Waals surface area contributed by atoms with Crippen molar-refractivity contribution in [1.82, 2.24) is 9.97 Å². The monoisotopic (exact) mass is 197 g/mol. The summed E-state index contributed by atoms with van der Waals surface area (Å²) in [5.41, 5.74) is 4.16. The molecule has 0 atom stereocenters. The van der Waals surface area contributed by atoms with Gasteiger partial charge in [0, 0.05) is 23.7 Å². The summed E-state index contributed by atoms with van der Waals surface area (Å²) in [7, 11) is 0. The summed E-state index contributed by atoms with van der Waals surface area (Å²) >= 11 is 0. The molecule has 0 saturated carbocycles. The molecule has 0 unspecified atom stereocenters. The second-order valence-electron chi connectivity index (χ2n) is 3.38. The molecule has 3 heteroatoms. The Labute approximate surface area is 88.0 Å². The summed E-state index contributed by atoms with van der Waals surface area (Å²) in [4.78, 5) is 8.64. The smallest absolute Gasteiger partial charge is 0.0896 e. The van der Waals surface area contributed by atoms with Gasteiger partial charge in [0.25, 0.3) is 0 Å². The standard InChI is InChI=1S/C12H11N3/c1-8(6-13)10-5-12-11(14-7-10)4-3-9(2)15-12/h3-7,13H,1H2,2H3. The highest BCUT2D eigenvalue weighted by Gasteiger charge is 2.00. The Balaban J connectivity index is 2.64. The molecule has 0 spiro atoms. The van der Waals surface area contributed by atoms with Crippen molar-refractivity contribution in [2.75, 3.05) is 0 Å². The van der Waals surface area contributed by atoms with Crippen LogP contribution in [-0.4, -0.2) is 16.2 Å². The summed E-state index contributed by atoms with van der Waals surface area (Å²) in [6.07, 6.45) is 2.94. The van der Waals surface area contributed by atoms with Crippen LogP contribution >= 0.6 is 0 Å². The number of nitrogens with one attached hydrogen (secondary N) is 1. The maximum Gasteiger partial charge on any atom is 0.0896 e. The second kappa shape index (κ2) is 3.61. The molecule has 2 aromatic heterocycles. The summed E-state index contributed by atoms with van der Waals surface area (Å²) in [5, 5.41) is 7.12. The Morgan fingerprint density at radius 2 is 2.20 bits per heavy atom. The van der Waals surface area contributed by atoms with Crippen LogP contribution in [0.5, 0.6) is 0 Å². The second-order valence-corrected chi connectivity index (χ2v) is 3.38. The lowest BCUT2D eigenvalue weighted by molar-refractivity contribution is 1.23. The molecular weight excluding hydrogens is 186 g/mol. The predicted molar refractivity (Wildman–Crippen MR) is 62.1 cm³/mol. The van der Waals surface area contributed by atoms with E-state index in [1.54, 1.807) is 6.20 Å². The average molecular weight is 197 g/mol. The Hall–Kier alpha value is -2.03. The summed E-state index contributed by atoms with van der Waals surface area (Å²) in [5.74, 6) is 0. The van der Waals surface area contributed by atoms with Gasteiger partial charge in [-0.25, -0.2) is 0 Å². The van der Waals surface area contributed by atoms with Crippen LogP contribution < -0.4 is 0 Å². The number of hydrogen-bond donors (Lipinski definition) is 1. The lowest BCUT2D eigenvalue weighted by Crippen LogP contribution is -1.90. The summed E-state index contributed by atoms with van der Waals surface area (Å²) < 4.78 is 0. The number of aryl methyl sites for hydroxylation is 1. The van der Waals surface area contributed by atoms with Gasteiger partial charge in [-0.3, -0.25) is 9.97 Å². The SMILES string of the molecule is C=C(C=N)c1cnc2ccc(C)nc2c1. The van der Waals surface area contributed by atoms with Crippen LogP contribution in [0.15, 0.2) is 31.0 Å². The first-order valence-electron chi connectivity index (χ1n) is 4.64. The third-order valence-electron chi connectivity index (χ3n) is 2.22. The molecule has 0 bridgehead atoms. The minimum atomic E-state index is 0.646. The van der Waals surface area contributed by atoms with Crippen molar-refractivity contribution in [3.63, 3.8) is 0 Å². The van der Waals surface area contributed by atoms with E-state index in [1.165, 1.54) is 6.21 Å². The van der Waals surface area contributed by atoms with Crippen molar-refractivity contribution < 1.29 is 0 Å². The summed E-state index contributed by atoms with van der Waals surface area (Å²) in [6, 6.07) is 5.78. The molecule has 2 heterocycles. The van der Waals surface area contributed by atoms with E-state index in [2.05, 4.69) is 16.5 Å². The Kier molecular flexibility index (Phi) is 2.29. The Morgan fingerprint density at radius 1 is 1.40 bits per heavy atom. The molecular formula is C12H11N3. The molecule has 2 rings (SSSR count). The minimum Gasteiger partial charge on any atom is -0.308 e. The molecule has 1 N–H and O–H groups in total. The van der Waals surface area contributed by atoms with Gasteiger partial charge < -0.3 is 5.41 Å². The van der Waals surface area contributed by atoms with E-state index in [0.717, 1.165) is 22.3 Å². The molecule has 15 heavy (non-hydrogen) atoms. The van der Waals surface area contributed by atoms with Crippen molar-refractivity contribution in [2.45, 2.75) is 6.92 Å². The molecule has 0 amide bonds. The molecule has 0 fully saturated rings. The highest BCUT2D eigenvalue weighted by Crippen LogP contribution is 2.15. The largest absolute Gasteiger partial charge is 0.308 e. The zero-order valence-corrected chi connectivity index (χ0v) is 8.49. The van der Waals surface area contributed by atoms with Gasteiger partial charge in [-0.15, -0.1) is 0 Å². The quantitative estimate of drug-likeness (QED) is 0.752. The maximum absolute atomic E-state index is 7.12. The molecule has 0 aliphatic rings. The molecule has 0 radical (unpaired) electrons. The van der Waals surface area contributed by atoms with Gasteiger partial charge in [0.2, 0.25) is 0 Å². The summed E-state index contributed by atoms with van der Waals surface area (Å²) in [6.45, 7) is 5.70. The van der Waals surface area contributed by atoms with E-state index in [9.17, 15) is 0 Å². The van der Waals surface area contributed by atoms with Crippen LogP contribution in [0.4, 0.5) is 0 Å². The van der Waals surface area contributed by atoms with E-state index in [4.69, 9.17) is 5.41 Å². The van der Waals surface area contributed by atoms with Crippen molar-refractivity contribution in [1.29, 1.82) is 5.41 Å². The van der Waals surface area contributed by atoms with Gasteiger partial charge in [-0.1, -0.05) is 6.58 Å². The molecule has 0 aromatic carbocycles. The van der Waals surface area contributed by atoms with Gasteiger partial charge in [0.15, 0.2) is 0 Å². The van der Waals surface area contributed by atoms with Crippen LogP contribution in [0.2, 0.25) is 0 Å². The van der Waals surface area contributed by atoms with E-state index < -0.39 is 0 Å². The number of nitrogens with zero attached hydrogens (tertiary/aromatic N) is 2. The normalized spacial score (nSPS) is 10.2. The van der Waals surface area contributed by atoms with Crippen molar-refractivity contribution >= 4 is 22.8 Å². The predicted octanol–water partition coefficient (Wildman–Crippen LogP) is 2.60. The molecule has 0 aliphatic heterocycles. The number of fused-ring (bicyclic) bond motifs is 1. The Morgan fingerprint density at radius 3 is 2.93 bits per heavy atom. The van der Waals surface area contributed by atoms with Crippen LogP contribution in [0.3, 0.4) is 0 Å². The Bertz CT molecular complexity index is 544. The zero-order valence-electron chi connectivity index (χ0n) is 8.49.